The maximum Gasteiger partial charge on any atom is 0.362 e. The zero-order valence-electron chi connectivity index (χ0n) is 39.9. The Bertz CT molecular complexity index is 1080. The molecule has 0 saturated carbocycles. The third-order valence-electron chi connectivity index (χ3n) is 11.3. The Morgan fingerprint density at radius 1 is 0.500 bits per heavy atom. The van der Waals surface area contributed by atoms with Gasteiger partial charge in [-0.1, -0.05) is 185 Å². The van der Waals surface area contributed by atoms with Crippen molar-refractivity contribution >= 4 is 17.9 Å². The fraction of sp³-hybridized carbons (Fsp3) is 0.827. The summed E-state index contributed by atoms with van der Waals surface area (Å²) >= 11 is 0. The SMILES string of the molecule is CCCCCCCC/C=C/C/C=C/CCC(=O)OC(COCCC(C(=O)O)[N+](C)(C)C)COC(=O)CCCCCCCCC/C=C/CCCCCCCCCCCCCC. The third kappa shape index (κ3) is 40.9. The molecule has 0 aliphatic carbocycles. The Hall–Kier alpha value is -2.45. The van der Waals surface area contributed by atoms with E-state index in [0.717, 1.165) is 32.1 Å². The Labute approximate surface area is 370 Å². The van der Waals surface area contributed by atoms with Crippen LogP contribution >= 0.6 is 0 Å². The Kier molecular flexibility index (Phi) is 41.4. The summed E-state index contributed by atoms with van der Waals surface area (Å²) in [6.07, 6.45) is 50.8. The van der Waals surface area contributed by atoms with E-state index >= 15 is 0 Å². The molecule has 0 aliphatic heterocycles. The van der Waals surface area contributed by atoms with Gasteiger partial charge in [-0.15, -0.1) is 0 Å². The van der Waals surface area contributed by atoms with E-state index in [-0.39, 0.29) is 42.7 Å². The Balaban J connectivity index is 4.23. The van der Waals surface area contributed by atoms with Crippen LogP contribution in [0.2, 0.25) is 0 Å². The molecule has 0 radical (unpaired) electrons. The lowest BCUT2D eigenvalue weighted by Crippen LogP contribution is -2.50. The van der Waals surface area contributed by atoms with Crippen molar-refractivity contribution < 1.29 is 38.2 Å². The molecular weight excluding hydrogens is 751 g/mol. The number of likely N-dealkylation sites (N-methyl/N-ethyl adjacent to an activating group) is 1. The van der Waals surface area contributed by atoms with Crippen molar-refractivity contribution in [3.63, 3.8) is 0 Å². The number of aliphatic carboxylic acids is 1. The van der Waals surface area contributed by atoms with Crippen LogP contribution in [-0.4, -0.2) is 80.6 Å². The van der Waals surface area contributed by atoms with Gasteiger partial charge in [0.2, 0.25) is 0 Å². The molecule has 0 heterocycles. The first-order valence-electron chi connectivity index (χ1n) is 25.0. The lowest BCUT2D eigenvalue weighted by atomic mass is 10.0. The first kappa shape index (κ1) is 57.5. The number of esters is 2. The number of carbonyl (C=O) groups is 3. The van der Waals surface area contributed by atoms with E-state index in [1.54, 1.807) is 0 Å². The minimum atomic E-state index is -0.882. The largest absolute Gasteiger partial charge is 0.477 e. The summed E-state index contributed by atoms with van der Waals surface area (Å²) in [7, 11) is 5.51. The van der Waals surface area contributed by atoms with Crippen LogP contribution in [0, 0.1) is 0 Å². The summed E-state index contributed by atoms with van der Waals surface area (Å²) in [5, 5.41) is 9.63. The van der Waals surface area contributed by atoms with Crippen LogP contribution in [0.1, 0.15) is 226 Å². The first-order valence-corrected chi connectivity index (χ1v) is 25.0. The first-order chi connectivity index (χ1) is 29.1. The van der Waals surface area contributed by atoms with E-state index in [1.165, 1.54) is 154 Å². The number of nitrogens with zero attached hydrogens (tertiary/aromatic N) is 1. The van der Waals surface area contributed by atoms with Crippen LogP contribution in [0.25, 0.3) is 0 Å². The van der Waals surface area contributed by atoms with E-state index in [0.29, 0.717) is 19.3 Å². The molecule has 0 aromatic rings. The predicted molar refractivity (Wildman–Crippen MR) is 252 cm³/mol. The molecule has 8 nitrogen and oxygen atoms in total. The second-order valence-corrected chi connectivity index (χ2v) is 18.1. The molecular formula is C52H96NO7+. The highest BCUT2D eigenvalue weighted by molar-refractivity contribution is 5.72. The molecule has 8 heteroatoms. The van der Waals surface area contributed by atoms with Crippen molar-refractivity contribution in [3.8, 4) is 0 Å². The smallest absolute Gasteiger partial charge is 0.362 e. The highest BCUT2D eigenvalue weighted by Gasteiger charge is 2.31. The monoisotopic (exact) mass is 847 g/mol. The number of carboxylic acid groups (broad SMARTS) is 1. The summed E-state index contributed by atoms with van der Waals surface area (Å²) in [5.74, 6) is -1.55. The summed E-state index contributed by atoms with van der Waals surface area (Å²) < 4.78 is 17.2. The number of allylic oxidation sites excluding steroid dienone is 6. The number of carbonyl (C=O) groups excluding carboxylic acids is 2. The van der Waals surface area contributed by atoms with Crippen LogP contribution in [0.5, 0.6) is 0 Å². The number of hydrogen-bond acceptors (Lipinski definition) is 6. The molecule has 0 bridgehead atoms. The van der Waals surface area contributed by atoms with Crippen LogP contribution < -0.4 is 0 Å². The minimum Gasteiger partial charge on any atom is -0.477 e. The summed E-state index contributed by atoms with van der Waals surface area (Å²) in [6, 6.07) is -0.623. The highest BCUT2D eigenvalue weighted by atomic mass is 16.6. The van der Waals surface area contributed by atoms with Gasteiger partial charge >= 0.3 is 17.9 Å². The van der Waals surface area contributed by atoms with Gasteiger partial charge in [0.25, 0.3) is 0 Å². The average Bonchev–Trinajstić information content (AvgIpc) is 3.21. The molecule has 0 spiro atoms. The van der Waals surface area contributed by atoms with E-state index in [2.05, 4.69) is 44.2 Å². The van der Waals surface area contributed by atoms with Crippen molar-refractivity contribution in [2.45, 2.75) is 238 Å². The van der Waals surface area contributed by atoms with Crippen molar-refractivity contribution in [2.75, 3.05) is 41.0 Å². The molecule has 0 aromatic heterocycles. The molecule has 60 heavy (non-hydrogen) atoms. The van der Waals surface area contributed by atoms with Crippen LogP contribution in [0.15, 0.2) is 36.5 Å². The van der Waals surface area contributed by atoms with Crippen molar-refractivity contribution in [1.29, 1.82) is 0 Å². The number of quaternary nitrogens is 1. The summed E-state index contributed by atoms with van der Waals surface area (Å²) in [4.78, 5) is 37.0. The normalized spacial score (nSPS) is 13.2. The van der Waals surface area contributed by atoms with E-state index in [1.807, 2.05) is 27.2 Å². The van der Waals surface area contributed by atoms with Gasteiger partial charge in [0.1, 0.15) is 6.61 Å². The summed E-state index contributed by atoms with van der Waals surface area (Å²) in [5.41, 5.74) is 0. The number of carboxylic acids is 1. The van der Waals surface area contributed by atoms with Gasteiger partial charge in [-0.3, -0.25) is 9.59 Å². The van der Waals surface area contributed by atoms with Crippen molar-refractivity contribution in [2.24, 2.45) is 0 Å². The Morgan fingerprint density at radius 3 is 1.37 bits per heavy atom. The average molecular weight is 847 g/mol. The van der Waals surface area contributed by atoms with Gasteiger partial charge in [-0.05, 0) is 57.8 Å². The molecule has 1 N–H and O–H groups in total. The van der Waals surface area contributed by atoms with Crippen molar-refractivity contribution in [3.05, 3.63) is 36.5 Å². The summed E-state index contributed by atoms with van der Waals surface area (Å²) in [6.45, 7) is 4.68. The maximum absolute atomic E-state index is 12.7. The second-order valence-electron chi connectivity index (χ2n) is 18.1. The number of unbranched alkanes of at least 4 members (excludes halogenated alkanes) is 25. The molecule has 2 unspecified atom stereocenters. The molecule has 350 valence electrons. The van der Waals surface area contributed by atoms with Crippen molar-refractivity contribution in [1.82, 2.24) is 0 Å². The fourth-order valence-corrected chi connectivity index (χ4v) is 7.38. The molecule has 0 aliphatic rings. The molecule has 0 fully saturated rings. The molecule has 0 saturated heterocycles. The Morgan fingerprint density at radius 2 is 0.917 bits per heavy atom. The molecule has 0 amide bonds. The third-order valence-corrected chi connectivity index (χ3v) is 11.3. The zero-order valence-corrected chi connectivity index (χ0v) is 39.9. The topological polar surface area (TPSA) is 99.1 Å². The zero-order chi connectivity index (χ0) is 44.2. The van der Waals surface area contributed by atoms with Gasteiger partial charge < -0.3 is 23.8 Å². The highest BCUT2D eigenvalue weighted by Crippen LogP contribution is 2.15. The van der Waals surface area contributed by atoms with E-state index in [4.69, 9.17) is 14.2 Å². The predicted octanol–water partition coefficient (Wildman–Crippen LogP) is 14.2. The quantitative estimate of drug-likeness (QED) is 0.0282. The van der Waals surface area contributed by atoms with E-state index in [9.17, 15) is 19.5 Å². The molecule has 0 rings (SSSR count). The maximum atomic E-state index is 12.7. The minimum absolute atomic E-state index is 0.0387. The van der Waals surface area contributed by atoms with Gasteiger partial charge in [0.15, 0.2) is 12.1 Å². The van der Waals surface area contributed by atoms with Crippen LogP contribution in [0.3, 0.4) is 0 Å². The molecule has 0 aromatic carbocycles. The lowest BCUT2D eigenvalue weighted by molar-refractivity contribution is -0.887. The number of hydrogen-bond donors (Lipinski definition) is 1. The van der Waals surface area contributed by atoms with Gasteiger partial charge in [-0.25, -0.2) is 4.79 Å². The number of ether oxygens (including phenoxy) is 3. The standard InChI is InChI=1S/C52H95NO7/c1-6-8-10-12-14-16-18-20-21-22-23-24-25-26-27-28-29-31-32-34-36-38-40-42-50(54)59-47-48(46-58-45-44-49(52(56)57)53(3,4)5)60-51(55)43-41-39-37-35-33-30-19-17-15-13-11-9-7-2/h26-27,30,33,37,39,48-49H,6-25,28-29,31-32,34-36,38,40-47H2,1-5H3/p+1/b27-26+,33-30+,39-37+. The second kappa shape index (κ2) is 43.2. The van der Waals surface area contributed by atoms with Gasteiger partial charge in [0, 0.05) is 19.3 Å². The lowest BCUT2D eigenvalue weighted by Gasteiger charge is -2.31. The molecule has 2 atom stereocenters. The van der Waals surface area contributed by atoms with Crippen LogP contribution in [-0.2, 0) is 28.6 Å². The van der Waals surface area contributed by atoms with Gasteiger partial charge in [-0.2, -0.15) is 0 Å². The van der Waals surface area contributed by atoms with Gasteiger partial charge in [0.05, 0.1) is 34.4 Å². The fourth-order valence-electron chi connectivity index (χ4n) is 7.38. The van der Waals surface area contributed by atoms with E-state index < -0.39 is 18.1 Å². The van der Waals surface area contributed by atoms with Crippen LogP contribution in [0.4, 0.5) is 0 Å². The number of rotatable bonds is 45.